The zero-order valence-electron chi connectivity index (χ0n) is 18.3. The quantitative estimate of drug-likeness (QED) is 0.434. The van der Waals surface area contributed by atoms with Crippen molar-refractivity contribution in [1.82, 2.24) is 9.78 Å². The van der Waals surface area contributed by atoms with Crippen LogP contribution >= 0.6 is 0 Å². The minimum atomic E-state index is -4.27. The number of nitrogens with two attached hydrogens (primary N) is 1. The predicted molar refractivity (Wildman–Crippen MR) is 126 cm³/mol. The molecule has 0 aliphatic carbocycles. The normalized spacial score (nSPS) is 11.3. The van der Waals surface area contributed by atoms with Gasteiger partial charge in [0.05, 0.1) is 18.5 Å². The number of ether oxygens (including phenoxy) is 1. The Morgan fingerprint density at radius 1 is 1.06 bits per heavy atom. The smallest absolute Gasteiger partial charge is 0.274 e. The van der Waals surface area contributed by atoms with Gasteiger partial charge in [0.2, 0.25) is 10.0 Å². The number of hydrogen-bond acceptors (Lipinski definition) is 5. The summed E-state index contributed by atoms with van der Waals surface area (Å²) in [5, 5.41) is 12.4. The summed E-state index contributed by atoms with van der Waals surface area (Å²) in [7, 11) is -2.70. The van der Waals surface area contributed by atoms with Crippen molar-refractivity contribution in [2.75, 3.05) is 12.4 Å². The molecule has 8 nitrogen and oxygen atoms in total. The van der Waals surface area contributed by atoms with Crippen LogP contribution in [0, 0.1) is 12.7 Å². The van der Waals surface area contributed by atoms with Crippen molar-refractivity contribution >= 4 is 21.6 Å². The van der Waals surface area contributed by atoms with Gasteiger partial charge in [-0.1, -0.05) is 24.3 Å². The zero-order chi connectivity index (χ0) is 24.5. The number of sulfonamides is 1. The average molecular weight is 481 g/mol. The molecule has 0 fully saturated rings. The number of aryl methyl sites for hydroxylation is 1. The number of aromatic nitrogens is 2. The third kappa shape index (κ3) is 4.68. The van der Waals surface area contributed by atoms with Crippen molar-refractivity contribution in [3.05, 3.63) is 90.0 Å². The number of hydrogen-bond donors (Lipinski definition) is 2. The van der Waals surface area contributed by atoms with Crippen molar-refractivity contribution in [2.45, 2.75) is 11.8 Å². The molecule has 0 aliphatic heterocycles. The third-order valence-corrected chi connectivity index (χ3v) is 6.07. The number of anilines is 1. The number of amides is 1. The molecule has 3 N–H and O–H groups in total. The molecular formula is C24H21FN4O4S. The highest BCUT2D eigenvalue weighted by Gasteiger charge is 2.21. The van der Waals surface area contributed by atoms with E-state index in [-0.39, 0.29) is 11.5 Å². The van der Waals surface area contributed by atoms with Crippen LogP contribution in [0.3, 0.4) is 0 Å². The van der Waals surface area contributed by atoms with Gasteiger partial charge in [-0.15, -0.1) is 0 Å². The average Bonchev–Trinajstić information content (AvgIpc) is 3.20. The Kier molecular flexibility index (Phi) is 6.18. The highest BCUT2D eigenvalue weighted by molar-refractivity contribution is 7.89. The molecular weight excluding hydrogens is 459 g/mol. The lowest BCUT2D eigenvalue weighted by molar-refractivity contribution is 0.101. The fraction of sp³-hybridized carbons (Fsp3) is 0.0833. The van der Waals surface area contributed by atoms with Crippen molar-refractivity contribution in [3.63, 3.8) is 0 Å². The van der Waals surface area contributed by atoms with Gasteiger partial charge >= 0.3 is 0 Å². The molecule has 34 heavy (non-hydrogen) atoms. The third-order valence-electron chi connectivity index (χ3n) is 5.09. The van der Waals surface area contributed by atoms with Crippen LogP contribution in [0.5, 0.6) is 5.75 Å². The van der Waals surface area contributed by atoms with E-state index in [4.69, 9.17) is 9.88 Å². The fourth-order valence-electron chi connectivity index (χ4n) is 3.54. The number of methoxy groups -OCH3 is 1. The molecule has 0 saturated carbocycles. The molecule has 0 radical (unpaired) electrons. The van der Waals surface area contributed by atoms with E-state index in [1.807, 2.05) is 0 Å². The summed E-state index contributed by atoms with van der Waals surface area (Å²) in [5.74, 6) is -0.637. The number of nitrogens with zero attached hydrogens (tertiary/aromatic N) is 2. The highest BCUT2D eigenvalue weighted by Crippen LogP contribution is 2.30. The number of nitrogens with one attached hydrogen (secondary N) is 1. The van der Waals surface area contributed by atoms with Gasteiger partial charge in [-0.05, 0) is 61.0 Å². The number of rotatable bonds is 6. The summed E-state index contributed by atoms with van der Waals surface area (Å²) in [5.41, 5.74) is 2.71. The van der Waals surface area contributed by atoms with Crippen LogP contribution in [0.25, 0.3) is 16.8 Å². The molecule has 174 valence electrons. The molecule has 0 spiro atoms. The Labute approximate surface area is 195 Å². The number of carbonyl (C=O) groups excluding carboxylic acids is 1. The second-order valence-corrected chi connectivity index (χ2v) is 8.97. The summed E-state index contributed by atoms with van der Waals surface area (Å²) in [6.07, 6.45) is 0. The van der Waals surface area contributed by atoms with Gasteiger partial charge in [0.25, 0.3) is 5.91 Å². The van der Waals surface area contributed by atoms with Crippen LogP contribution in [0.1, 0.15) is 16.2 Å². The number of primary sulfonamides is 1. The molecule has 1 aromatic heterocycles. The van der Waals surface area contributed by atoms with E-state index in [2.05, 4.69) is 10.4 Å². The maximum Gasteiger partial charge on any atom is 0.274 e. The van der Waals surface area contributed by atoms with E-state index in [0.29, 0.717) is 34.1 Å². The zero-order valence-corrected chi connectivity index (χ0v) is 19.1. The van der Waals surface area contributed by atoms with Crippen LogP contribution in [0.2, 0.25) is 0 Å². The van der Waals surface area contributed by atoms with Gasteiger partial charge in [-0.2, -0.15) is 5.10 Å². The summed E-state index contributed by atoms with van der Waals surface area (Å²) in [4.78, 5) is 12.4. The van der Waals surface area contributed by atoms with E-state index in [1.54, 1.807) is 68.6 Å². The second kappa shape index (κ2) is 9.08. The van der Waals surface area contributed by atoms with Crippen LogP contribution in [-0.2, 0) is 10.0 Å². The van der Waals surface area contributed by atoms with Gasteiger partial charge < -0.3 is 10.1 Å². The fourth-order valence-corrected chi connectivity index (χ4v) is 4.37. The largest absolute Gasteiger partial charge is 0.497 e. The SMILES string of the molecule is COc1ccc(-n2nc(C)cc2C(=O)Nc2ccc(-c3cccc(F)c3S(N)(=O)=O)cc2)cc1. The lowest BCUT2D eigenvalue weighted by Crippen LogP contribution is -2.17. The molecule has 3 aromatic carbocycles. The Bertz CT molecular complexity index is 1460. The standard InChI is InChI=1S/C24H21FN4O4S/c1-15-14-22(29(28-15)18-10-12-19(33-2)13-11-18)24(30)27-17-8-6-16(7-9-17)20-4-3-5-21(25)23(20)34(26,31)32/h3-14H,1-2H3,(H,27,30)(H2,26,31,32). The number of benzene rings is 3. The molecule has 0 saturated heterocycles. The van der Waals surface area contributed by atoms with Crippen LogP contribution in [0.4, 0.5) is 10.1 Å². The Balaban J connectivity index is 1.60. The summed E-state index contributed by atoms with van der Waals surface area (Å²) >= 11 is 0. The van der Waals surface area contributed by atoms with Gasteiger partial charge in [0.1, 0.15) is 22.2 Å². The molecule has 4 rings (SSSR count). The number of halogens is 1. The molecule has 0 aliphatic rings. The first-order chi connectivity index (χ1) is 16.2. The molecule has 1 amide bonds. The lowest BCUT2D eigenvalue weighted by Gasteiger charge is -2.11. The maximum absolute atomic E-state index is 14.2. The van der Waals surface area contributed by atoms with E-state index in [0.717, 1.165) is 6.07 Å². The first kappa shape index (κ1) is 23.1. The van der Waals surface area contributed by atoms with Crippen LogP contribution in [0.15, 0.2) is 77.7 Å². The van der Waals surface area contributed by atoms with Gasteiger partial charge in [0, 0.05) is 11.3 Å². The first-order valence-electron chi connectivity index (χ1n) is 10.1. The van der Waals surface area contributed by atoms with Crippen molar-refractivity contribution < 1.29 is 22.3 Å². The maximum atomic E-state index is 14.2. The highest BCUT2D eigenvalue weighted by atomic mass is 32.2. The Morgan fingerprint density at radius 3 is 2.35 bits per heavy atom. The lowest BCUT2D eigenvalue weighted by atomic mass is 10.1. The summed E-state index contributed by atoms with van der Waals surface area (Å²) in [6, 6.07) is 19.0. The predicted octanol–water partition coefficient (Wildman–Crippen LogP) is 3.90. The van der Waals surface area contributed by atoms with Crippen LogP contribution in [-0.4, -0.2) is 31.2 Å². The molecule has 0 bridgehead atoms. The molecule has 0 unspecified atom stereocenters. The molecule has 1 heterocycles. The minimum Gasteiger partial charge on any atom is -0.497 e. The van der Waals surface area contributed by atoms with Gasteiger partial charge in [-0.3, -0.25) is 4.79 Å². The van der Waals surface area contributed by atoms with E-state index >= 15 is 0 Å². The van der Waals surface area contributed by atoms with Crippen molar-refractivity contribution in [3.8, 4) is 22.6 Å². The topological polar surface area (TPSA) is 116 Å². The first-order valence-corrected chi connectivity index (χ1v) is 11.7. The number of carbonyl (C=O) groups is 1. The van der Waals surface area contributed by atoms with Crippen LogP contribution < -0.4 is 15.2 Å². The van der Waals surface area contributed by atoms with Crippen molar-refractivity contribution in [2.24, 2.45) is 5.14 Å². The van der Waals surface area contributed by atoms with Gasteiger partial charge in [0.15, 0.2) is 0 Å². The Hall–Kier alpha value is -4.02. The molecule has 4 aromatic rings. The van der Waals surface area contributed by atoms with E-state index in [1.165, 1.54) is 16.8 Å². The van der Waals surface area contributed by atoms with E-state index < -0.39 is 20.7 Å². The van der Waals surface area contributed by atoms with Crippen molar-refractivity contribution in [1.29, 1.82) is 0 Å². The monoisotopic (exact) mass is 480 g/mol. The summed E-state index contributed by atoms with van der Waals surface area (Å²) < 4.78 is 44.6. The minimum absolute atomic E-state index is 0.133. The Morgan fingerprint density at radius 2 is 1.74 bits per heavy atom. The molecule has 10 heteroatoms. The summed E-state index contributed by atoms with van der Waals surface area (Å²) in [6.45, 7) is 1.79. The second-order valence-electron chi connectivity index (χ2n) is 7.47. The van der Waals surface area contributed by atoms with E-state index in [9.17, 15) is 17.6 Å². The van der Waals surface area contributed by atoms with Gasteiger partial charge in [-0.25, -0.2) is 22.6 Å². The molecule has 0 atom stereocenters.